The van der Waals surface area contributed by atoms with Crippen LogP contribution in [-0.2, 0) is 6.42 Å². The molecule has 30 heavy (non-hydrogen) atoms. The van der Waals surface area contributed by atoms with Gasteiger partial charge in [0.1, 0.15) is 11.5 Å². The number of carbonyl (C=O) groups excluding carboxylic acids is 1. The molecule has 0 fully saturated rings. The van der Waals surface area contributed by atoms with Crippen molar-refractivity contribution in [1.29, 1.82) is 0 Å². The van der Waals surface area contributed by atoms with E-state index < -0.39 is 0 Å². The third kappa shape index (κ3) is 9.30. The van der Waals surface area contributed by atoms with E-state index in [1.807, 2.05) is 42.5 Å². The van der Waals surface area contributed by atoms with Gasteiger partial charge in [0.2, 0.25) is 0 Å². The summed E-state index contributed by atoms with van der Waals surface area (Å²) in [5.74, 6) is 0.999. The van der Waals surface area contributed by atoms with Crippen molar-refractivity contribution >= 4 is 5.97 Å². The van der Waals surface area contributed by atoms with Crippen molar-refractivity contribution in [2.24, 2.45) is 0 Å². The molecule has 2 aromatic rings. The molecule has 0 aromatic heterocycles. The summed E-state index contributed by atoms with van der Waals surface area (Å²) >= 11 is 0. The van der Waals surface area contributed by atoms with Crippen molar-refractivity contribution in [3.8, 4) is 11.5 Å². The number of allylic oxidation sites excluding steroid dienone is 1. The first-order valence-corrected chi connectivity index (χ1v) is 11.4. The van der Waals surface area contributed by atoms with E-state index in [1.54, 1.807) is 12.1 Å². The maximum atomic E-state index is 12.4. The summed E-state index contributed by atoms with van der Waals surface area (Å²) in [5.41, 5.74) is 1.80. The van der Waals surface area contributed by atoms with Crippen LogP contribution in [0.15, 0.2) is 61.2 Å². The van der Waals surface area contributed by atoms with E-state index in [-0.39, 0.29) is 5.97 Å². The number of unbranched alkanes of at least 4 members (excludes halogenated alkanes) is 7. The van der Waals surface area contributed by atoms with Crippen molar-refractivity contribution in [2.75, 3.05) is 6.61 Å². The average molecular weight is 409 g/mol. The van der Waals surface area contributed by atoms with E-state index >= 15 is 0 Å². The zero-order valence-electron chi connectivity index (χ0n) is 18.4. The minimum atomic E-state index is -0.339. The molecule has 0 amide bonds. The minimum absolute atomic E-state index is 0.339. The Morgan fingerprint density at radius 1 is 0.833 bits per heavy atom. The smallest absolute Gasteiger partial charge is 0.343 e. The highest BCUT2D eigenvalue weighted by Crippen LogP contribution is 2.19. The average Bonchev–Trinajstić information content (AvgIpc) is 2.77. The largest absolute Gasteiger partial charge is 0.494 e. The molecule has 0 saturated heterocycles. The molecule has 0 aliphatic carbocycles. The normalized spacial score (nSPS) is 10.6. The number of hydrogen-bond acceptors (Lipinski definition) is 3. The van der Waals surface area contributed by atoms with Gasteiger partial charge in [0.05, 0.1) is 12.2 Å². The van der Waals surface area contributed by atoms with Gasteiger partial charge in [-0.2, -0.15) is 0 Å². The maximum Gasteiger partial charge on any atom is 0.343 e. The molecule has 0 N–H and O–H groups in total. The van der Waals surface area contributed by atoms with Gasteiger partial charge in [-0.25, -0.2) is 4.79 Å². The fourth-order valence-electron chi connectivity index (χ4n) is 3.27. The summed E-state index contributed by atoms with van der Waals surface area (Å²) < 4.78 is 11.3. The SMILES string of the molecule is C=CCCCCc1ccc(C(=O)Oc2ccc(OCCCCCCCC)cc2)cc1. The van der Waals surface area contributed by atoms with E-state index in [4.69, 9.17) is 9.47 Å². The molecule has 162 valence electrons. The van der Waals surface area contributed by atoms with Crippen LogP contribution in [0, 0.1) is 0 Å². The van der Waals surface area contributed by atoms with Crippen molar-refractivity contribution < 1.29 is 14.3 Å². The summed E-state index contributed by atoms with van der Waals surface area (Å²) in [4.78, 5) is 12.4. The number of rotatable bonds is 15. The van der Waals surface area contributed by atoms with Gasteiger partial charge in [0, 0.05) is 0 Å². The Labute approximate surface area is 182 Å². The van der Waals surface area contributed by atoms with Gasteiger partial charge in [-0.3, -0.25) is 0 Å². The summed E-state index contributed by atoms with van der Waals surface area (Å²) in [6, 6.07) is 14.9. The monoisotopic (exact) mass is 408 g/mol. The molecule has 0 heterocycles. The Balaban J connectivity index is 1.71. The lowest BCUT2D eigenvalue weighted by molar-refractivity contribution is 0.0734. The third-order valence-electron chi connectivity index (χ3n) is 5.11. The molecule has 0 spiro atoms. The van der Waals surface area contributed by atoms with Crippen LogP contribution < -0.4 is 9.47 Å². The molecule has 0 radical (unpaired) electrons. The molecule has 0 aliphatic rings. The number of hydrogen-bond donors (Lipinski definition) is 0. The maximum absolute atomic E-state index is 12.4. The van der Waals surface area contributed by atoms with Gasteiger partial charge in [-0.05, 0) is 74.1 Å². The Bertz CT molecular complexity index is 732. The zero-order chi connectivity index (χ0) is 21.4. The number of aryl methyl sites for hydroxylation is 1. The quantitative estimate of drug-likeness (QED) is 0.132. The van der Waals surface area contributed by atoms with Gasteiger partial charge < -0.3 is 9.47 Å². The van der Waals surface area contributed by atoms with Crippen molar-refractivity contribution in [3.63, 3.8) is 0 Å². The number of carbonyl (C=O) groups is 1. The molecular formula is C27H36O3. The molecular weight excluding hydrogens is 372 g/mol. The second-order valence-electron chi connectivity index (χ2n) is 7.71. The lowest BCUT2D eigenvalue weighted by Crippen LogP contribution is -2.08. The van der Waals surface area contributed by atoms with Crippen LogP contribution in [0.5, 0.6) is 11.5 Å². The van der Waals surface area contributed by atoms with Crippen LogP contribution in [0.4, 0.5) is 0 Å². The van der Waals surface area contributed by atoms with Crippen LogP contribution in [-0.4, -0.2) is 12.6 Å². The van der Waals surface area contributed by atoms with E-state index in [1.165, 1.54) is 37.7 Å². The van der Waals surface area contributed by atoms with Gasteiger partial charge in [0.25, 0.3) is 0 Å². The summed E-state index contributed by atoms with van der Waals surface area (Å²) in [6.07, 6.45) is 13.8. The number of ether oxygens (including phenoxy) is 2. The molecule has 0 aliphatic heterocycles. The van der Waals surface area contributed by atoms with Crippen LogP contribution >= 0.6 is 0 Å². The predicted molar refractivity (Wildman–Crippen MR) is 124 cm³/mol. The summed E-state index contributed by atoms with van der Waals surface area (Å²) in [7, 11) is 0. The fraction of sp³-hybridized carbons (Fsp3) is 0.444. The fourth-order valence-corrected chi connectivity index (χ4v) is 3.27. The Hall–Kier alpha value is -2.55. The molecule has 3 nitrogen and oxygen atoms in total. The molecule has 0 atom stereocenters. The van der Waals surface area contributed by atoms with Gasteiger partial charge >= 0.3 is 5.97 Å². The first-order valence-electron chi connectivity index (χ1n) is 11.4. The lowest BCUT2D eigenvalue weighted by Gasteiger charge is -2.08. The molecule has 0 saturated carbocycles. The molecule has 2 aromatic carbocycles. The van der Waals surface area contributed by atoms with E-state index in [0.29, 0.717) is 11.3 Å². The van der Waals surface area contributed by atoms with Crippen molar-refractivity contribution in [2.45, 2.75) is 71.1 Å². The predicted octanol–water partition coefficient (Wildman–Crippen LogP) is 7.54. The van der Waals surface area contributed by atoms with Crippen LogP contribution in [0.1, 0.15) is 80.6 Å². The number of benzene rings is 2. The van der Waals surface area contributed by atoms with Gasteiger partial charge in [0.15, 0.2) is 0 Å². The van der Waals surface area contributed by atoms with Crippen LogP contribution in [0.3, 0.4) is 0 Å². The molecule has 2 rings (SSSR count). The second kappa shape index (κ2) is 14.4. The molecule has 0 bridgehead atoms. The molecule has 0 unspecified atom stereocenters. The van der Waals surface area contributed by atoms with Crippen LogP contribution in [0.2, 0.25) is 0 Å². The van der Waals surface area contributed by atoms with Crippen molar-refractivity contribution in [1.82, 2.24) is 0 Å². The van der Waals surface area contributed by atoms with Gasteiger partial charge in [-0.15, -0.1) is 6.58 Å². The van der Waals surface area contributed by atoms with E-state index in [0.717, 1.165) is 44.5 Å². The highest BCUT2D eigenvalue weighted by molar-refractivity contribution is 5.91. The highest BCUT2D eigenvalue weighted by Gasteiger charge is 2.09. The minimum Gasteiger partial charge on any atom is -0.494 e. The lowest BCUT2D eigenvalue weighted by atomic mass is 10.1. The van der Waals surface area contributed by atoms with Crippen molar-refractivity contribution in [3.05, 3.63) is 72.3 Å². The standard InChI is InChI=1S/C27H36O3/c1-3-5-7-9-10-12-22-29-25-18-20-26(21-19-25)30-27(28)24-16-14-23(15-17-24)13-11-8-6-4-2/h4,14-21H,2-3,5-13,22H2,1H3. The first-order chi connectivity index (χ1) is 14.7. The summed E-state index contributed by atoms with van der Waals surface area (Å²) in [6.45, 7) is 6.70. The first kappa shape index (κ1) is 23.7. The Morgan fingerprint density at radius 3 is 2.20 bits per heavy atom. The Morgan fingerprint density at radius 2 is 1.50 bits per heavy atom. The zero-order valence-corrected chi connectivity index (χ0v) is 18.4. The van der Waals surface area contributed by atoms with E-state index in [9.17, 15) is 4.79 Å². The third-order valence-corrected chi connectivity index (χ3v) is 5.11. The summed E-state index contributed by atoms with van der Waals surface area (Å²) in [5, 5.41) is 0. The Kier molecular flexibility index (Phi) is 11.4. The molecule has 3 heteroatoms. The number of esters is 1. The van der Waals surface area contributed by atoms with Crippen LogP contribution in [0.25, 0.3) is 0 Å². The topological polar surface area (TPSA) is 35.5 Å². The highest BCUT2D eigenvalue weighted by atomic mass is 16.5. The second-order valence-corrected chi connectivity index (χ2v) is 7.71. The van der Waals surface area contributed by atoms with E-state index in [2.05, 4.69) is 13.5 Å². The van der Waals surface area contributed by atoms with Gasteiger partial charge in [-0.1, -0.05) is 57.2 Å².